The lowest BCUT2D eigenvalue weighted by Gasteiger charge is -2.11. The molecule has 0 aliphatic carbocycles. The van der Waals surface area contributed by atoms with Crippen LogP contribution in [0.4, 0.5) is 0 Å². The Labute approximate surface area is 117 Å². The molecule has 1 N–H and O–H groups in total. The summed E-state index contributed by atoms with van der Waals surface area (Å²) in [6, 6.07) is 3.68. The first-order valence-corrected chi connectivity index (χ1v) is 6.66. The van der Waals surface area contributed by atoms with E-state index in [1.165, 1.54) is 6.08 Å². The largest absolute Gasteiger partial charge is 0.492 e. The Hall–Kier alpha value is -0.810. The van der Waals surface area contributed by atoms with Gasteiger partial charge in [0.25, 0.3) is 0 Å². The average molecular weight is 364 g/mol. The second-order valence-corrected chi connectivity index (χ2v) is 5.10. The van der Waals surface area contributed by atoms with Gasteiger partial charge in [-0.15, -0.1) is 0 Å². The molecule has 0 atom stereocenters. The lowest BCUT2D eigenvalue weighted by atomic mass is 10.2. The fraction of sp³-hybridized carbons (Fsp3) is 0.250. The zero-order valence-corrected chi connectivity index (χ0v) is 12.4. The van der Waals surface area contributed by atoms with Crippen molar-refractivity contribution in [3.8, 4) is 5.75 Å². The number of aliphatic carboxylic acids is 1. The van der Waals surface area contributed by atoms with Crippen LogP contribution in [-0.4, -0.2) is 17.7 Å². The van der Waals surface area contributed by atoms with Gasteiger partial charge in [-0.3, -0.25) is 0 Å². The molecule has 0 aliphatic heterocycles. The molecule has 1 rings (SSSR count). The van der Waals surface area contributed by atoms with Gasteiger partial charge >= 0.3 is 5.97 Å². The van der Waals surface area contributed by atoms with Crippen molar-refractivity contribution in [2.24, 2.45) is 0 Å². The molecule has 5 heteroatoms. The topological polar surface area (TPSA) is 46.5 Å². The maximum atomic E-state index is 10.5. The third-order valence-electron chi connectivity index (χ3n) is 1.89. The van der Waals surface area contributed by atoms with E-state index in [0.717, 1.165) is 27.0 Å². The molecule has 0 saturated heterocycles. The second kappa shape index (κ2) is 6.81. The van der Waals surface area contributed by atoms with Crippen LogP contribution in [0.25, 0.3) is 6.08 Å². The van der Waals surface area contributed by atoms with Gasteiger partial charge in [-0.05, 0) is 40.6 Å². The van der Waals surface area contributed by atoms with Gasteiger partial charge in [0.15, 0.2) is 0 Å². The summed E-state index contributed by atoms with van der Waals surface area (Å²) in [6.07, 6.45) is 3.50. The lowest BCUT2D eigenvalue weighted by Crippen LogP contribution is -1.98. The van der Waals surface area contributed by atoms with E-state index in [9.17, 15) is 4.79 Å². The molecule has 0 aliphatic rings. The molecule has 0 radical (unpaired) electrons. The summed E-state index contributed by atoms with van der Waals surface area (Å²) < 4.78 is 7.25. The smallest absolute Gasteiger partial charge is 0.328 e. The van der Waals surface area contributed by atoms with Gasteiger partial charge in [0, 0.05) is 16.1 Å². The zero-order chi connectivity index (χ0) is 12.8. The predicted octanol–water partition coefficient (Wildman–Crippen LogP) is 4.10. The molecule has 0 spiro atoms. The number of hydrogen-bond acceptors (Lipinski definition) is 2. The van der Waals surface area contributed by atoms with Crippen LogP contribution in [0.1, 0.15) is 18.9 Å². The average Bonchev–Trinajstić information content (AvgIpc) is 2.24. The van der Waals surface area contributed by atoms with Crippen molar-refractivity contribution in [1.29, 1.82) is 0 Å². The Balaban J connectivity index is 3.10. The first-order chi connectivity index (χ1) is 8.04. The standard InChI is InChI=1S/C12H12Br2O3/c1-2-5-17-12-8(3-4-11(15)16)6-9(13)7-10(12)14/h3-4,6-7H,2,5H2,1H3,(H,15,16). The molecule has 0 unspecified atom stereocenters. The molecule has 1 aromatic rings. The van der Waals surface area contributed by atoms with Crippen molar-refractivity contribution in [2.45, 2.75) is 13.3 Å². The Kier molecular flexibility index (Phi) is 5.71. The highest BCUT2D eigenvalue weighted by molar-refractivity contribution is 9.11. The number of carbonyl (C=O) groups is 1. The molecule has 0 saturated carbocycles. The van der Waals surface area contributed by atoms with Crippen LogP contribution in [0.3, 0.4) is 0 Å². The number of ether oxygens (including phenoxy) is 1. The Bertz CT molecular complexity index is 442. The van der Waals surface area contributed by atoms with Gasteiger partial charge in [-0.1, -0.05) is 22.9 Å². The highest BCUT2D eigenvalue weighted by atomic mass is 79.9. The van der Waals surface area contributed by atoms with Crippen LogP contribution in [0.5, 0.6) is 5.75 Å². The molecule has 92 valence electrons. The fourth-order valence-corrected chi connectivity index (χ4v) is 2.59. The number of benzene rings is 1. The highest BCUT2D eigenvalue weighted by Gasteiger charge is 2.08. The molecule has 3 nitrogen and oxygen atoms in total. The van der Waals surface area contributed by atoms with E-state index in [1.807, 2.05) is 19.1 Å². The van der Waals surface area contributed by atoms with E-state index >= 15 is 0 Å². The number of rotatable bonds is 5. The number of hydrogen-bond donors (Lipinski definition) is 1. The van der Waals surface area contributed by atoms with Crippen molar-refractivity contribution in [3.63, 3.8) is 0 Å². The van der Waals surface area contributed by atoms with Crippen LogP contribution < -0.4 is 4.74 Å². The summed E-state index contributed by atoms with van der Waals surface area (Å²) in [5, 5.41) is 8.63. The van der Waals surface area contributed by atoms with E-state index in [4.69, 9.17) is 9.84 Å². The summed E-state index contributed by atoms with van der Waals surface area (Å²) in [5.41, 5.74) is 0.724. The summed E-state index contributed by atoms with van der Waals surface area (Å²) in [7, 11) is 0. The summed E-state index contributed by atoms with van der Waals surface area (Å²) >= 11 is 6.75. The normalized spacial score (nSPS) is 10.8. The van der Waals surface area contributed by atoms with Crippen LogP contribution in [-0.2, 0) is 4.79 Å². The molecular weight excluding hydrogens is 352 g/mol. The molecule has 1 aromatic carbocycles. The van der Waals surface area contributed by atoms with Gasteiger partial charge in [0.05, 0.1) is 11.1 Å². The molecule has 0 amide bonds. The van der Waals surface area contributed by atoms with Crippen molar-refractivity contribution in [3.05, 3.63) is 32.7 Å². The van der Waals surface area contributed by atoms with E-state index < -0.39 is 5.97 Å². The minimum absolute atomic E-state index is 0.591. The van der Waals surface area contributed by atoms with Crippen molar-refractivity contribution in [1.82, 2.24) is 0 Å². The zero-order valence-electron chi connectivity index (χ0n) is 9.24. The highest BCUT2D eigenvalue weighted by Crippen LogP contribution is 2.33. The SMILES string of the molecule is CCCOc1c(Br)cc(Br)cc1C=CC(=O)O. The Morgan fingerprint density at radius 2 is 2.18 bits per heavy atom. The van der Waals surface area contributed by atoms with Crippen LogP contribution in [0.15, 0.2) is 27.2 Å². The summed E-state index contributed by atoms with van der Waals surface area (Å²) in [6.45, 7) is 2.60. The van der Waals surface area contributed by atoms with Crippen molar-refractivity contribution >= 4 is 43.9 Å². The van der Waals surface area contributed by atoms with Gasteiger partial charge in [-0.2, -0.15) is 0 Å². The van der Waals surface area contributed by atoms with Crippen molar-refractivity contribution < 1.29 is 14.6 Å². The number of carboxylic acids is 1. The summed E-state index contributed by atoms with van der Waals surface area (Å²) in [5.74, 6) is -0.324. The minimum Gasteiger partial charge on any atom is -0.492 e. The molecule has 17 heavy (non-hydrogen) atoms. The first-order valence-electron chi connectivity index (χ1n) is 5.07. The second-order valence-electron chi connectivity index (χ2n) is 3.33. The lowest BCUT2D eigenvalue weighted by molar-refractivity contribution is -0.131. The maximum absolute atomic E-state index is 10.5. The van der Waals surface area contributed by atoms with E-state index in [2.05, 4.69) is 31.9 Å². The van der Waals surface area contributed by atoms with Crippen LogP contribution in [0.2, 0.25) is 0 Å². The molecule has 0 heterocycles. The third-order valence-corrected chi connectivity index (χ3v) is 2.94. The third kappa shape index (κ3) is 4.52. The minimum atomic E-state index is -0.984. The number of halogens is 2. The van der Waals surface area contributed by atoms with E-state index in [0.29, 0.717) is 12.4 Å². The van der Waals surface area contributed by atoms with Gasteiger partial charge < -0.3 is 9.84 Å². The van der Waals surface area contributed by atoms with Crippen molar-refractivity contribution in [2.75, 3.05) is 6.61 Å². The van der Waals surface area contributed by atoms with Crippen LogP contribution in [0, 0.1) is 0 Å². The molecule has 0 bridgehead atoms. The maximum Gasteiger partial charge on any atom is 0.328 e. The fourth-order valence-electron chi connectivity index (χ4n) is 1.22. The summed E-state index contributed by atoms with van der Waals surface area (Å²) in [4.78, 5) is 10.5. The Morgan fingerprint density at radius 3 is 2.76 bits per heavy atom. The quantitative estimate of drug-likeness (QED) is 0.801. The van der Waals surface area contributed by atoms with Gasteiger partial charge in [0.2, 0.25) is 0 Å². The molecular formula is C12H12Br2O3. The monoisotopic (exact) mass is 362 g/mol. The van der Waals surface area contributed by atoms with Gasteiger partial charge in [0.1, 0.15) is 5.75 Å². The molecule has 0 fully saturated rings. The molecule has 0 aromatic heterocycles. The van der Waals surface area contributed by atoms with Gasteiger partial charge in [-0.25, -0.2) is 4.79 Å². The Morgan fingerprint density at radius 1 is 1.47 bits per heavy atom. The predicted molar refractivity (Wildman–Crippen MR) is 74.3 cm³/mol. The first kappa shape index (κ1) is 14.3. The number of carboxylic acid groups (broad SMARTS) is 1. The van der Waals surface area contributed by atoms with Crippen LogP contribution >= 0.6 is 31.9 Å². The van der Waals surface area contributed by atoms with E-state index in [-0.39, 0.29) is 0 Å². The van der Waals surface area contributed by atoms with E-state index in [1.54, 1.807) is 0 Å².